The van der Waals surface area contributed by atoms with Crippen LogP contribution in [-0.2, 0) is 19.5 Å². The highest BCUT2D eigenvalue weighted by Gasteiger charge is 2.29. The van der Waals surface area contributed by atoms with Gasteiger partial charge in [0.15, 0.2) is 0 Å². The summed E-state index contributed by atoms with van der Waals surface area (Å²) < 4.78 is 45.7. The predicted octanol–water partition coefficient (Wildman–Crippen LogP) is 4.12. The molecule has 2 aliphatic heterocycles. The summed E-state index contributed by atoms with van der Waals surface area (Å²) in [6.07, 6.45) is 3.75. The molecule has 2 aliphatic rings. The number of rotatable bonds is 9. The number of benzene rings is 2. The summed E-state index contributed by atoms with van der Waals surface area (Å²) in [6.45, 7) is 1.63. The van der Waals surface area contributed by atoms with Gasteiger partial charge in [-0.2, -0.15) is 4.98 Å². The van der Waals surface area contributed by atoms with E-state index < -0.39 is 31.4 Å². The molecule has 4 aromatic rings. The van der Waals surface area contributed by atoms with Gasteiger partial charge in [0.2, 0.25) is 5.88 Å². The number of nitrogens with one attached hydrogen (secondary N) is 3. The lowest BCUT2D eigenvalue weighted by Crippen LogP contribution is -2.34. The summed E-state index contributed by atoms with van der Waals surface area (Å²) in [4.78, 5) is 33.9. The maximum Gasteiger partial charge on any atom is 0.293 e. The Hall–Kier alpha value is -4.73. The van der Waals surface area contributed by atoms with Crippen molar-refractivity contribution in [3.05, 3.63) is 76.5 Å². The third-order valence-corrected chi connectivity index (χ3v) is 9.19. The first-order valence-electron chi connectivity index (χ1n) is 14.4. The van der Waals surface area contributed by atoms with E-state index in [0.717, 1.165) is 17.9 Å². The van der Waals surface area contributed by atoms with Crippen LogP contribution in [0.1, 0.15) is 29.6 Å². The molecule has 2 aromatic carbocycles. The Bertz CT molecular complexity index is 1840. The number of fused-ring (bicyclic) bond motifs is 2. The quantitative estimate of drug-likeness (QED) is 0.178. The second-order valence-corrected chi connectivity index (χ2v) is 12.4. The molecule has 45 heavy (non-hydrogen) atoms. The standard InChI is InChI=1S/C30H32N6O8S/c1-42-21-8-7-20(44-18-21)17-32-24-10-9-22(16-26(24)36(38)39)45(40,41)34-29(37)23-5-2-3-6-25(23)35-13-4-14-43-30-27(35)15-19-11-12-31-28(19)33-30/h2-3,5-6,9-12,15-16,20-21,32H,4,7-8,13-14,17-18H2,1H3,(H,31,33)(H,34,37)/t20-,21+/m0/s1. The van der Waals surface area contributed by atoms with Crippen molar-refractivity contribution < 1.29 is 32.3 Å². The Morgan fingerprint density at radius 2 is 2.02 bits per heavy atom. The van der Waals surface area contributed by atoms with Gasteiger partial charge in [-0.25, -0.2) is 13.1 Å². The van der Waals surface area contributed by atoms with Crippen LogP contribution in [0.4, 0.5) is 22.7 Å². The van der Waals surface area contributed by atoms with Crippen LogP contribution in [0.5, 0.6) is 5.88 Å². The molecule has 0 radical (unpaired) electrons. The molecular formula is C30H32N6O8S. The van der Waals surface area contributed by atoms with Crippen LogP contribution < -0.4 is 19.7 Å². The normalized spacial score (nSPS) is 18.5. The number of carbonyl (C=O) groups is 1. The molecule has 15 heteroatoms. The zero-order chi connectivity index (χ0) is 31.6. The van der Waals surface area contributed by atoms with Crippen LogP contribution in [0.2, 0.25) is 0 Å². The molecule has 0 spiro atoms. The van der Waals surface area contributed by atoms with E-state index in [2.05, 4.69) is 20.0 Å². The molecule has 0 bridgehead atoms. The number of nitrogens with zero attached hydrogens (tertiary/aromatic N) is 3. The highest BCUT2D eigenvalue weighted by Crippen LogP contribution is 2.38. The molecule has 3 N–H and O–H groups in total. The van der Waals surface area contributed by atoms with Crippen LogP contribution in [0, 0.1) is 10.1 Å². The SMILES string of the molecule is CO[C@@H]1CC[C@@H](CNc2ccc(S(=O)(=O)NC(=O)c3ccccc3N3CCCOc4nc5[nH]ccc5cc43)cc2[N+](=O)[O-])OC1. The Balaban J connectivity index is 1.23. The van der Waals surface area contributed by atoms with E-state index in [1.807, 2.05) is 17.0 Å². The minimum absolute atomic E-state index is 0.0176. The first-order chi connectivity index (χ1) is 21.7. The number of para-hydroxylation sites is 1. The number of methoxy groups -OCH3 is 1. The number of carbonyl (C=O) groups excluding carboxylic acids is 1. The van der Waals surface area contributed by atoms with Crippen molar-refractivity contribution in [2.75, 3.05) is 43.6 Å². The molecule has 14 nitrogen and oxygen atoms in total. The van der Waals surface area contributed by atoms with E-state index in [1.165, 1.54) is 18.2 Å². The first-order valence-corrected chi connectivity index (χ1v) is 15.9. The summed E-state index contributed by atoms with van der Waals surface area (Å²) in [5.41, 5.74) is 1.55. The van der Waals surface area contributed by atoms with Gasteiger partial charge in [-0.15, -0.1) is 0 Å². The largest absolute Gasteiger partial charge is 0.476 e. The monoisotopic (exact) mass is 636 g/mol. The molecule has 1 fully saturated rings. The van der Waals surface area contributed by atoms with Gasteiger partial charge in [0.05, 0.1) is 46.5 Å². The van der Waals surface area contributed by atoms with Crippen LogP contribution >= 0.6 is 0 Å². The maximum atomic E-state index is 13.5. The van der Waals surface area contributed by atoms with Crippen molar-refractivity contribution in [3.8, 4) is 5.88 Å². The van der Waals surface area contributed by atoms with Crippen LogP contribution in [0.25, 0.3) is 11.0 Å². The molecule has 6 rings (SSSR count). The molecule has 2 atom stereocenters. The number of hydrogen-bond acceptors (Lipinski definition) is 11. The van der Waals surface area contributed by atoms with E-state index in [1.54, 1.807) is 31.5 Å². The number of nitro groups is 1. The third kappa shape index (κ3) is 6.41. The second kappa shape index (κ2) is 12.7. The molecular weight excluding hydrogens is 604 g/mol. The molecule has 1 amide bonds. The summed E-state index contributed by atoms with van der Waals surface area (Å²) in [7, 11) is -2.87. The Morgan fingerprint density at radius 3 is 2.80 bits per heavy atom. The number of nitro benzene ring substituents is 1. The number of hydrogen-bond donors (Lipinski definition) is 3. The highest BCUT2D eigenvalue weighted by atomic mass is 32.2. The third-order valence-electron chi connectivity index (χ3n) is 7.86. The van der Waals surface area contributed by atoms with E-state index >= 15 is 0 Å². The lowest BCUT2D eigenvalue weighted by molar-refractivity contribution is -0.384. The van der Waals surface area contributed by atoms with Crippen LogP contribution in [-0.4, -0.2) is 74.8 Å². The maximum absolute atomic E-state index is 13.5. The molecule has 0 aliphatic carbocycles. The molecule has 4 heterocycles. The van der Waals surface area contributed by atoms with Crippen molar-refractivity contribution in [2.45, 2.75) is 36.4 Å². The van der Waals surface area contributed by atoms with Crippen molar-refractivity contribution >= 4 is 49.7 Å². The van der Waals surface area contributed by atoms with Gasteiger partial charge in [-0.3, -0.25) is 14.9 Å². The zero-order valence-electron chi connectivity index (χ0n) is 24.4. The van der Waals surface area contributed by atoms with Crippen molar-refractivity contribution in [3.63, 3.8) is 0 Å². The summed E-state index contributed by atoms with van der Waals surface area (Å²) in [5.74, 6) is -0.498. The minimum atomic E-state index is -4.49. The minimum Gasteiger partial charge on any atom is -0.476 e. The topological polar surface area (TPSA) is 178 Å². The number of aromatic nitrogens is 2. The van der Waals surface area contributed by atoms with E-state index in [0.29, 0.717) is 62.0 Å². The number of pyridine rings is 1. The Kier molecular flexibility index (Phi) is 8.56. The van der Waals surface area contributed by atoms with E-state index in [-0.39, 0.29) is 23.5 Å². The molecule has 0 saturated carbocycles. The van der Waals surface area contributed by atoms with Gasteiger partial charge >= 0.3 is 0 Å². The fraction of sp³-hybridized carbons (Fsp3) is 0.333. The van der Waals surface area contributed by atoms with Gasteiger partial charge in [0, 0.05) is 37.8 Å². The van der Waals surface area contributed by atoms with Gasteiger partial charge < -0.3 is 29.4 Å². The van der Waals surface area contributed by atoms with Gasteiger partial charge in [-0.1, -0.05) is 12.1 Å². The number of ether oxygens (including phenoxy) is 3. The number of anilines is 3. The molecule has 236 valence electrons. The lowest BCUT2D eigenvalue weighted by atomic mass is 10.1. The van der Waals surface area contributed by atoms with E-state index in [4.69, 9.17) is 14.2 Å². The van der Waals surface area contributed by atoms with Gasteiger partial charge in [0.1, 0.15) is 17.0 Å². The molecule has 0 unspecified atom stereocenters. The predicted molar refractivity (Wildman–Crippen MR) is 166 cm³/mol. The number of sulfonamides is 1. The van der Waals surface area contributed by atoms with Crippen molar-refractivity contribution in [1.82, 2.24) is 14.7 Å². The lowest BCUT2D eigenvalue weighted by Gasteiger charge is -2.28. The fourth-order valence-corrected chi connectivity index (χ4v) is 6.47. The average molecular weight is 637 g/mol. The van der Waals surface area contributed by atoms with Crippen molar-refractivity contribution in [2.24, 2.45) is 0 Å². The number of aromatic amines is 1. The number of H-pyrrole nitrogens is 1. The molecule has 2 aromatic heterocycles. The van der Waals surface area contributed by atoms with E-state index in [9.17, 15) is 23.3 Å². The highest BCUT2D eigenvalue weighted by molar-refractivity contribution is 7.90. The average Bonchev–Trinajstić information content (AvgIpc) is 3.41. The summed E-state index contributed by atoms with van der Waals surface area (Å²) >= 11 is 0. The zero-order valence-corrected chi connectivity index (χ0v) is 25.2. The summed E-state index contributed by atoms with van der Waals surface area (Å²) in [6, 6.07) is 13.9. The Labute approximate surface area is 258 Å². The second-order valence-electron chi connectivity index (χ2n) is 10.7. The molecule has 1 saturated heterocycles. The first kappa shape index (κ1) is 30.3. The van der Waals surface area contributed by atoms with Gasteiger partial charge in [-0.05, 0) is 55.7 Å². The number of amides is 1. The van der Waals surface area contributed by atoms with Crippen LogP contribution in [0.3, 0.4) is 0 Å². The smallest absolute Gasteiger partial charge is 0.293 e. The van der Waals surface area contributed by atoms with Crippen molar-refractivity contribution in [1.29, 1.82) is 0 Å². The van der Waals surface area contributed by atoms with Gasteiger partial charge in [0.25, 0.3) is 21.6 Å². The summed E-state index contributed by atoms with van der Waals surface area (Å²) in [5, 5.41) is 15.7. The van der Waals surface area contributed by atoms with Crippen LogP contribution in [0.15, 0.2) is 65.7 Å². The fourth-order valence-electron chi connectivity index (χ4n) is 5.48. The Morgan fingerprint density at radius 1 is 1.18 bits per heavy atom.